The summed E-state index contributed by atoms with van der Waals surface area (Å²) in [4.78, 5) is 11.5. The molecule has 0 aliphatic heterocycles. The fourth-order valence-electron chi connectivity index (χ4n) is 7.97. The molecule has 0 aromatic heterocycles. The number of aryl methyl sites for hydroxylation is 4. The van der Waals surface area contributed by atoms with Crippen LogP contribution >= 0.6 is 0 Å². The van der Waals surface area contributed by atoms with Crippen molar-refractivity contribution in [2.45, 2.75) is 65.2 Å². The molecule has 0 saturated heterocycles. The molecule has 2 nitrogen and oxygen atoms in total. The molecule has 6 aromatic rings. The first-order chi connectivity index (χ1) is 22.6. The maximum absolute atomic E-state index is 5.77. The first-order valence-electron chi connectivity index (χ1n) is 17.1. The molecule has 0 radical (unpaired) electrons. The molecular weight excluding hydrogens is 556 g/mol. The molecule has 0 amide bonds. The first-order valence-corrected chi connectivity index (χ1v) is 17.1. The van der Waals surface area contributed by atoms with Gasteiger partial charge < -0.3 is 0 Å². The molecule has 0 spiro atoms. The summed E-state index contributed by atoms with van der Waals surface area (Å²) in [5.41, 5.74) is 15.2. The predicted octanol–water partition coefficient (Wildman–Crippen LogP) is 11.4. The summed E-state index contributed by atoms with van der Waals surface area (Å²) >= 11 is 0. The Balaban J connectivity index is 1.52. The average molecular weight is 597 g/mol. The van der Waals surface area contributed by atoms with E-state index in [-0.39, 0.29) is 11.8 Å². The SMILES string of the molecule is CCc1cccc(CC)c1/N=C1/C(=N/c2c(CC)cccc2CC)C2c3cc4ccccc4cc3C1c1cc3ccccc3cc12. The molecular formula is C44H40N2. The van der Waals surface area contributed by atoms with Crippen LogP contribution in [0.3, 0.4) is 0 Å². The first kappa shape index (κ1) is 28.6. The molecule has 3 aliphatic rings. The van der Waals surface area contributed by atoms with Gasteiger partial charge in [0.2, 0.25) is 0 Å². The third-order valence-corrected chi connectivity index (χ3v) is 10.4. The van der Waals surface area contributed by atoms with Gasteiger partial charge in [-0.25, -0.2) is 9.98 Å². The van der Waals surface area contributed by atoms with Gasteiger partial charge in [0.15, 0.2) is 0 Å². The van der Waals surface area contributed by atoms with E-state index < -0.39 is 0 Å². The van der Waals surface area contributed by atoms with Crippen molar-refractivity contribution in [3.8, 4) is 0 Å². The van der Waals surface area contributed by atoms with Crippen LogP contribution in [0, 0.1) is 0 Å². The van der Waals surface area contributed by atoms with Crippen LogP contribution in [0.5, 0.6) is 0 Å². The van der Waals surface area contributed by atoms with Crippen molar-refractivity contribution in [3.05, 3.63) is 154 Å². The van der Waals surface area contributed by atoms with Crippen molar-refractivity contribution in [3.63, 3.8) is 0 Å². The van der Waals surface area contributed by atoms with Gasteiger partial charge in [0, 0.05) is 0 Å². The molecule has 2 bridgehead atoms. The van der Waals surface area contributed by atoms with Gasteiger partial charge in [-0.3, -0.25) is 0 Å². The number of aliphatic imine (C=N–C) groups is 2. The van der Waals surface area contributed by atoms with Crippen molar-refractivity contribution in [1.82, 2.24) is 0 Å². The van der Waals surface area contributed by atoms with Crippen molar-refractivity contribution in [1.29, 1.82) is 0 Å². The zero-order valence-corrected chi connectivity index (χ0v) is 27.3. The van der Waals surface area contributed by atoms with Gasteiger partial charge >= 0.3 is 0 Å². The zero-order chi connectivity index (χ0) is 31.4. The maximum Gasteiger partial charge on any atom is 0.0754 e. The van der Waals surface area contributed by atoms with Crippen molar-refractivity contribution in [2.24, 2.45) is 9.98 Å². The maximum atomic E-state index is 5.77. The summed E-state index contributed by atoms with van der Waals surface area (Å²) in [7, 11) is 0. The lowest BCUT2D eigenvalue weighted by atomic mass is 9.61. The van der Waals surface area contributed by atoms with Gasteiger partial charge in [-0.05, 0) is 116 Å². The number of para-hydroxylation sites is 2. The second-order valence-corrected chi connectivity index (χ2v) is 12.8. The normalized spacial score (nSPS) is 18.4. The number of rotatable bonds is 6. The van der Waals surface area contributed by atoms with E-state index in [0.29, 0.717) is 0 Å². The second kappa shape index (κ2) is 11.5. The summed E-state index contributed by atoms with van der Waals surface area (Å²) in [6.07, 6.45) is 3.78. The van der Waals surface area contributed by atoms with E-state index in [4.69, 9.17) is 9.98 Å². The molecule has 226 valence electrons. The number of hydrogen-bond acceptors (Lipinski definition) is 2. The zero-order valence-electron chi connectivity index (χ0n) is 27.3. The van der Waals surface area contributed by atoms with Crippen molar-refractivity contribution < 1.29 is 0 Å². The molecule has 0 saturated carbocycles. The number of hydrogen-bond donors (Lipinski definition) is 0. The summed E-state index contributed by atoms with van der Waals surface area (Å²) in [5.74, 6) is -0.00658. The Labute approximate surface area is 272 Å². The molecule has 0 fully saturated rings. The Morgan fingerprint density at radius 1 is 0.391 bits per heavy atom. The Morgan fingerprint density at radius 2 is 0.674 bits per heavy atom. The Kier molecular flexibility index (Phi) is 7.17. The molecule has 0 heterocycles. The standard InChI is InChI=1S/C44H40N2/c1-5-27-19-13-20-28(6-2)41(27)45-43-39-35-23-31-15-9-11-17-33(31)25-37(35)40(38-26-34-18-12-10-16-32(34)24-36(38)39)44(43)46-42-29(7-3)21-14-22-30(42)8-4/h9-26,39-40H,5-8H2,1-4H3/b45-43+,46-44+. The predicted molar refractivity (Wildman–Crippen MR) is 196 cm³/mol. The Morgan fingerprint density at radius 3 is 0.935 bits per heavy atom. The summed E-state index contributed by atoms with van der Waals surface area (Å²) in [6.45, 7) is 8.98. The summed E-state index contributed by atoms with van der Waals surface area (Å²) < 4.78 is 0. The van der Waals surface area contributed by atoms with Gasteiger partial charge in [-0.15, -0.1) is 0 Å². The smallest absolute Gasteiger partial charge is 0.0754 e. The van der Waals surface area contributed by atoms with Crippen molar-refractivity contribution >= 4 is 44.3 Å². The van der Waals surface area contributed by atoms with Gasteiger partial charge in [0.1, 0.15) is 0 Å². The van der Waals surface area contributed by atoms with E-state index in [2.05, 4.69) is 137 Å². The van der Waals surface area contributed by atoms with E-state index in [1.165, 1.54) is 66.1 Å². The highest BCUT2D eigenvalue weighted by atomic mass is 14.9. The van der Waals surface area contributed by atoms with Gasteiger partial charge in [0.25, 0.3) is 0 Å². The molecule has 3 aliphatic carbocycles. The molecule has 9 rings (SSSR count). The minimum Gasteiger partial charge on any atom is -0.250 e. The Bertz CT molecular complexity index is 1930. The molecule has 0 atom stereocenters. The largest absolute Gasteiger partial charge is 0.250 e. The van der Waals surface area contributed by atoms with Crippen LogP contribution < -0.4 is 0 Å². The Hall–Kier alpha value is -4.82. The van der Waals surface area contributed by atoms with Gasteiger partial charge in [-0.2, -0.15) is 0 Å². The van der Waals surface area contributed by atoms with Crippen LogP contribution in [0.15, 0.2) is 119 Å². The molecule has 2 heteroatoms. The van der Waals surface area contributed by atoms with Crippen LogP contribution in [0.1, 0.15) is 84.0 Å². The molecule has 0 unspecified atom stereocenters. The summed E-state index contributed by atoms with van der Waals surface area (Å²) in [5, 5.41) is 5.12. The third-order valence-electron chi connectivity index (χ3n) is 10.4. The van der Waals surface area contributed by atoms with Gasteiger partial charge in [-0.1, -0.05) is 113 Å². The topological polar surface area (TPSA) is 24.7 Å². The minimum absolute atomic E-state index is 0.00329. The fourth-order valence-corrected chi connectivity index (χ4v) is 7.97. The lowest BCUT2D eigenvalue weighted by Gasteiger charge is -2.43. The highest BCUT2D eigenvalue weighted by Gasteiger charge is 2.46. The fraction of sp³-hybridized carbons (Fsp3) is 0.227. The summed E-state index contributed by atoms with van der Waals surface area (Å²) in [6, 6.07) is 40.7. The van der Waals surface area contributed by atoms with Crippen LogP contribution in [0.4, 0.5) is 11.4 Å². The van der Waals surface area contributed by atoms with E-state index in [9.17, 15) is 0 Å². The minimum atomic E-state index is -0.00329. The lowest BCUT2D eigenvalue weighted by molar-refractivity contribution is 0.881. The van der Waals surface area contributed by atoms with E-state index in [1.807, 2.05) is 0 Å². The monoisotopic (exact) mass is 596 g/mol. The van der Waals surface area contributed by atoms with Crippen LogP contribution in [-0.2, 0) is 25.7 Å². The van der Waals surface area contributed by atoms with E-state index in [0.717, 1.165) is 48.5 Å². The molecule has 46 heavy (non-hydrogen) atoms. The second-order valence-electron chi connectivity index (χ2n) is 12.8. The van der Waals surface area contributed by atoms with Crippen LogP contribution in [0.25, 0.3) is 21.5 Å². The number of benzene rings is 6. The van der Waals surface area contributed by atoms with Crippen LogP contribution in [0.2, 0.25) is 0 Å². The third kappa shape index (κ3) is 4.46. The highest BCUT2D eigenvalue weighted by molar-refractivity contribution is 6.50. The molecule has 0 N–H and O–H groups in total. The lowest BCUT2D eigenvalue weighted by Crippen LogP contribution is -2.41. The highest BCUT2D eigenvalue weighted by Crippen LogP contribution is 2.53. The average Bonchev–Trinajstić information content (AvgIpc) is 3.10. The van der Waals surface area contributed by atoms with Crippen LogP contribution in [-0.4, -0.2) is 11.4 Å². The number of nitrogens with zero attached hydrogens (tertiary/aromatic N) is 2. The van der Waals surface area contributed by atoms with Crippen molar-refractivity contribution in [2.75, 3.05) is 0 Å². The van der Waals surface area contributed by atoms with E-state index in [1.54, 1.807) is 0 Å². The molecule has 6 aromatic carbocycles. The quantitative estimate of drug-likeness (QED) is 0.183. The van der Waals surface area contributed by atoms with Gasteiger partial charge in [0.05, 0.1) is 34.6 Å². The van der Waals surface area contributed by atoms with E-state index >= 15 is 0 Å². The number of fused-ring (bicyclic) bond motifs is 3.